The number of amides is 1. The highest BCUT2D eigenvalue weighted by Gasteiger charge is 2.24. The quantitative estimate of drug-likeness (QED) is 0.175. The number of anilines is 1. The second-order valence-electron chi connectivity index (χ2n) is 8.19. The van der Waals surface area contributed by atoms with E-state index in [1.165, 1.54) is 12.1 Å². The maximum atomic E-state index is 13.0. The molecule has 0 spiro atoms. The summed E-state index contributed by atoms with van der Waals surface area (Å²) in [4.78, 5) is 27.4. The van der Waals surface area contributed by atoms with Gasteiger partial charge in [-0.15, -0.1) is 0 Å². The fourth-order valence-corrected chi connectivity index (χ4v) is 4.44. The molecule has 0 saturated carbocycles. The van der Waals surface area contributed by atoms with Gasteiger partial charge in [0.25, 0.3) is 11.6 Å². The zero-order valence-corrected chi connectivity index (χ0v) is 20.9. The van der Waals surface area contributed by atoms with Gasteiger partial charge in [0.1, 0.15) is 24.0 Å². The fraction of sp³-hybridized carbons (Fsp3) is 0.185. The Morgan fingerprint density at radius 2 is 1.81 bits per heavy atom. The second kappa shape index (κ2) is 11.5. The number of non-ortho nitro benzene ring substituents is 1. The number of hydrogen-bond acceptors (Lipinski definition) is 6. The van der Waals surface area contributed by atoms with Crippen molar-refractivity contribution in [2.75, 3.05) is 31.1 Å². The van der Waals surface area contributed by atoms with Crippen molar-refractivity contribution in [3.63, 3.8) is 0 Å². The summed E-state index contributed by atoms with van der Waals surface area (Å²) in [6, 6.07) is 23.6. The second-order valence-corrected chi connectivity index (χ2v) is 9.04. The molecule has 36 heavy (non-hydrogen) atoms. The number of rotatable bonds is 7. The molecule has 9 heteroatoms. The molecule has 3 aromatic carbocycles. The smallest absolute Gasteiger partial charge is 0.269 e. The van der Waals surface area contributed by atoms with Gasteiger partial charge in [0.05, 0.1) is 9.40 Å². The Morgan fingerprint density at radius 1 is 1.06 bits per heavy atom. The SMILES string of the molecule is N#C/C(=C\c1ccc(OCc2cccc([N+](=O)[O-])c2)c(Br)c1)C(=O)N1CCN(c2ccccc2)CC1. The topological polar surface area (TPSA) is 99.7 Å². The molecule has 1 aliphatic heterocycles. The molecule has 0 aromatic heterocycles. The molecule has 3 aromatic rings. The Hall–Kier alpha value is -4.16. The van der Waals surface area contributed by atoms with Crippen LogP contribution in [0.4, 0.5) is 11.4 Å². The summed E-state index contributed by atoms with van der Waals surface area (Å²) in [5.74, 6) is 0.257. The average Bonchev–Trinajstić information content (AvgIpc) is 2.91. The van der Waals surface area contributed by atoms with Gasteiger partial charge in [-0.2, -0.15) is 5.26 Å². The summed E-state index contributed by atoms with van der Waals surface area (Å²) in [5, 5.41) is 20.6. The van der Waals surface area contributed by atoms with Gasteiger partial charge in [-0.05, 0) is 57.4 Å². The van der Waals surface area contributed by atoms with Crippen LogP contribution in [0.25, 0.3) is 6.08 Å². The van der Waals surface area contributed by atoms with Gasteiger partial charge < -0.3 is 14.5 Å². The first-order chi connectivity index (χ1) is 17.4. The molecule has 0 unspecified atom stereocenters. The predicted molar refractivity (Wildman–Crippen MR) is 140 cm³/mol. The first-order valence-electron chi connectivity index (χ1n) is 11.3. The largest absolute Gasteiger partial charge is 0.488 e. The summed E-state index contributed by atoms with van der Waals surface area (Å²) < 4.78 is 6.44. The summed E-state index contributed by atoms with van der Waals surface area (Å²) in [6.45, 7) is 2.65. The molecule has 1 fully saturated rings. The highest BCUT2D eigenvalue weighted by Crippen LogP contribution is 2.28. The van der Waals surface area contributed by atoms with E-state index in [2.05, 4.69) is 20.8 Å². The van der Waals surface area contributed by atoms with Crippen LogP contribution in [-0.2, 0) is 11.4 Å². The lowest BCUT2D eigenvalue weighted by molar-refractivity contribution is -0.384. The highest BCUT2D eigenvalue weighted by atomic mass is 79.9. The van der Waals surface area contributed by atoms with E-state index in [0.717, 1.165) is 5.69 Å². The number of para-hydroxylation sites is 1. The van der Waals surface area contributed by atoms with E-state index >= 15 is 0 Å². The Balaban J connectivity index is 1.39. The lowest BCUT2D eigenvalue weighted by Crippen LogP contribution is -2.49. The third kappa shape index (κ3) is 6.09. The number of ether oxygens (including phenoxy) is 1. The minimum Gasteiger partial charge on any atom is -0.488 e. The van der Waals surface area contributed by atoms with Crippen molar-refractivity contribution in [2.24, 2.45) is 0 Å². The number of nitrogens with zero attached hydrogens (tertiary/aromatic N) is 4. The average molecular weight is 547 g/mol. The Labute approximate surface area is 217 Å². The minimum atomic E-state index is -0.447. The van der Waals surface area contributed by atoms with E-state index < -0.39 is 4.92 Å². The van der Waals surface area contributed by atoms with Crippen molar-refractivity contribution >= 4 is 39.3 Å². The van der Waals surface area contributed by atoms with E-state index in [0.29, 0.717) is 47.5 Å². The van der Waals surface area contributed by atoms with Crippen molar-refractivity contribution in [1.29, 1.82) is 5.26 Å². The number of piperazine rings is 1. The molecule has 1 saturated heterocycles. The molecule has 4 rings (SSSR count). The van der Waals surface area contributed by atoms with Crippen LogP contribution in [0.1, 0.15) is 11.1 Å². The van der Waals surface area contributed by atoms with Crippen LogP contribution in [0.5, 0.6) is 5.75 Å². The van der Waals surface area contributed by atoms with E-state index in [9.17, 15) is 20.2 Å². The van der Waals surface area contributed by atoms with Crippen molar-refractivity contribution in [3.05, 3.63) is 104 Å². The number of halogens is 1. The number of nitro groups is 1. The van der Waals surface area contributed by atoms with E-state index in [4.69, 9.17) is 4.74 Å². The Bertz CT molecular complexity index is 1330. The van der Waals surface area contributed by atoms with Crippen LogP contribution in [-0.4, -0.2) is 41.9 Å². The molecular formula is C27H23BrN4O4. The highest BCUT2D eigenvalue weighted by molar-refractivity contribution is 9.10. The summed E-state index contributed by atoms with van der Waals surface area (Å²) >= 11 is 3.47. The molecule has 182 valence electrons. The van der Waals surface area contributed by atoms with Crippen LogP contribution in [0.2, 0.25) is 0 Å². The lowest BCUT2D eigenvalue weighted by atomic mass is 10.1. The van der Waals surface area contributed by atoms with Gasteiger partial charge in [-0.1, -0.05) is 36.4 Å². The zero-order valence-electron chi connectivity index (χ0n) is 19.3. The maximum Gasteiger partial charge on any atom is 0.269 e. The molecule has 8 nitrogen and oxygen atoms in total. The molecule has 1 heterocycles. The number of nitro benzene ring substituents is 1. The van der Waals surface area contributed by atoms with Crippen molar-refractivity contribution in [2.45, 2.75) is 6.61 Å². The lowest BCUT2D eigenvalue weighted by Gasteiger charge is -2.36. The minimum absolute atomic E-state index is 0.00540. The molecule has 0 aliphatic carbocycles. The maximum absolute atomic E-state index is 13.0. The molecule has 1 aliphatic rings. The summed E-state index contributed by atoms with van der Waals surface area (Å²) in [5.41, 5.74) is 2.55. The predicted octanol–water partition coefficient (Wildman–Crippen LogP) is 5.19. The van der Waals surface area contributed by atoms with Crippen LogP contribution in [0, 0.1) is 21.4 Å². The van der Waals surface area contributed by atoms with Crippen molar-refractivity contribution in [3.8, 4) is 11.8 Å². The normalized spacial score (nSPS) is 13.7. The molecule has 0 N–H and O–H groups in total. The van der Waals surface area contributed by atoms with Crippen molar-refractivity contribution in [1.82, 2.24) is 4.90 Å². The van der Waals surface area contributed by atoms with Gasteiger partial charge in [0.2, 0.25) is 0 Å². The van der Waals surface area contributed by atoms with E-state index in [1.807, 2.05) is 36.4 Å². The third-order valence-electron chi connectivity index (χ3n) is 5.82. The molecule has 0 radical (unpaired) electrons. The molecule has 0 atom stereocenters. The fourth-order valence-electron chi connectivity index (χ4n) is 3.93. The Morgan fingerprint density at radius 3 is 2.47 bits per heavy atom. The number of nitriles is 1. The number of carbonyl (C=O) groups excluding carboxylic acids is 1. The van der Waals surface area contributed by atoms with Crippen molar-refractivity contribution < 1.29 is 14.5 Å². The number of hydrogen-bond donors (Lipinski definition) is 0. The van der Waals surface area contributed by atoms with Gasteiger partial charge in [0, 0.05) is 44.0 Å². The van der Waals surface area contributed by atoms with Gasteiger partial charge >= 0.3 is 0 Å². The monoisotopic (exact) mass is 546 g/mol. The number of carbonyl (C=O) groups is 1. The number of benzene rings is 3. The third-order valence-corrected chi connectivity index (χ3v) is 6.44. The first-order valence-corrected chi connectivity index (χ1v) is 12.1. The molecule has 0 bridgehead atoms. The van der Waals surface area contributed by atoms with Crippen LogP contribution in [0.15, 0.2) is 82.8 Å². The van der Waals surface area contributed by atoms with Gasteiger partial charge in [-0.25, -0.2) is 0 Å². The first kappa shape index (κ1) is 24.9. The summed E-state index contributed by atoms with van der Waals surface area (Å²) in [7, 11) is 0. The van der Waals surface area contributed by atoms with E-state index in [1.54, 1.807) is 41.3 Å². The van der Waals surface area contributed by atoms with Gasteiger partial charge in [-0.3, -0.25) is 14.9 Å². The Kier molecular flexibility index (Phi) is 7.98. The van der Waals surface area contributed by atoms with Crippen LogP contribution >= 0.6 is 15.9 Å². The molecular weight excluding hydrogens is 524 g/mol. The standard InChI is InChI=1S/C27H23BrN4O4/c28-25-17-20(9-10-26(25)36-19-21-5-4-8-24(16-21)32(34)35)15-22(18-29)27(33)31-13-11-30(12-14-31)23-6-2-1-3-7-23/h1-10,15-17H,11-14,19H2/b22-15+. The van der Waals surface area contributed by atoms with Crippen LogP contribution < -0.4 is 9.64 Å². The molecule has 1 amide bonds. The summed E-state index contributed by atoms with van der Waals surface area (Å²) in [6.07, 6.45) is 1.57. The zero-order chi connectivity index (χ0) is 25.5. The van der Waals surface area contributed by atoms with Crippen LogP contribution in [0.3, 0.4) is 0 Å². The van der Waals surface area contributed by atoms with Gasteiger partial charge in [0.15, 0.2) is 0 Å². The van der Waals surface area contributed by atoms with E-state index in [-0.39, 0.29) is 23.8 Å².